The Hall–Kier alpha value is -0.660. The molecular formula is C16H31N3O3S. The zero-order valence-corrected chi connectivity index (χ0v) is 15.5. The highest BCUT2D eigenvalue weighted by Gasteiger charge is 2.34. The van der Waals surface area contributed by atoms with Gasteiger partial charge in [-0.25, -0.2) is 8.42 Å². The maximum absolute atomic E-state index is 11.7. The van der Waals surface area contributed by atoms with Gasteiger partial charge in [0.25, 0.3) is 0 Å². The van der Waals surface area contributed by atoms with Crippen LogP contribution in [0.2, 0.25) is 0 Å². The summed E-state index contributed by atoms with van der Waals surface area (Å²) in [6.45, 7) is 11.8. The van der Waals surface area contributed by atoms with Crippen molar-refractivity contribution in [1.29, 1.82) is 0 Å². The van der Waals surface area contributed by atoms with E-state index in [1.165, 1.54) is 0 Å². The summed E-state index contributed by atoms with van der Waals surface area (Å²) in [4.78, 5) is 18.3. The molecule has 6 nitrogen and oxygen atoms in total. The van der Waals surface area contributed by atoms with Crippen molar-refractivity contribution in [3.63, 3.8) is 0 Å². The summed E-state index contributed by atoms with van der Waals surface area (Å²) in [5, 5.41) is 0. The minimum absolute atomic E-state index is 0.165. The lowest BCUT2D eigenvalue weighted by Gasteiger charge is -2.30. The third-order valence-electron chi connectivity index (χ3n) is 5.25. The van der Waals surface area contributed by atoms with Gasteiger partial charge in [0.2, 0.25) is 5.91 Å². The minimum atomic E-state index is -2.89. The first kappa shape index (κ1) is 18.7. The lowest BCUT2D eigenvalue weighted by Crippen LogP contribution is -2.43. The fourth-order valence-corrected chi connectivity index (χ4v) is 4.53. The topological polar surface area (TPSA) is 60.9 Å². The van der Waals surface area contributed by atoms with E-state index in [2.05, 4.69) is 16.7 Å². The van der Waals surface area contributed by atoms with Gasteiger partial charge in [0, 0.05) is 64.5 Å². The number of rotatable bonds is 5. The van der Waals surface area contributed by atoms with Gasteiger partial charge in [-0.15, -0.1) is 0 Å². The van der Waals surface area contributed by atoms with Crippen LogP contribution in [0.3, 0.4) is 0 Å². The van der Waals surface area contributed by atoms with Gasteiger partial charge in [-0.1, -0.05) is 13.8 Å². The Morgan fingerprint density at radius 2 is 1.87 bits per heavy atom. The quantitative estimate of drug-likeness (QED) is 0.717. The monoisotopic (exact) mass is 345 g/mol. The molecule has 0 radical (unpaired) electrons. The molecule has 0 aliphatic carbocycles. The second-order valence-electron chi connectivity index (χ2n) is 6.94. The molecule has 0 aromatic heterocycles. The zero-order chi connectivity index (χ0) is 17.0. The van der Waals surface area contributed by atoms with Gasteiger partial charge in [-0.2, -0.15) is 0 Å². The van der Waals surface area contributed by atoms with Crippen molar-refractivity contribution >= 4 is 15.7 Å². The van der Waals surface area contributed by atoms with E-state index in [0.29, 0.717) is 18.5 Å². The van der Waals surface area contributed by atoms with Gasteiger partial charge in [-0.05, 0) is 12.3 Å². The molecule has 2 atom stereocenters. The predicted molar refractivity (Wildman–Crippen MR) is 92.2 cm³/mol. The fourth-order valence-electron chi connectivity index (χ4n) is 3.70. The van der Waals surface area contributed by atoms with Crippen molar-refractivity contribution in [2.75, 3.05) is 57.3 Å². The van der Waals surface area contributed by atoms with Gasteiger partial charge in [0.1, 0.15) is 0 Å². The summed E-state index contributed by atoms with van der Waals surface area (Å²) in [6.07, 6.45) is 1.02. The number of carbonyl (C=O) groups excluding carboxylic acids is 1. The maximum atomic E-state index is 11.7. The maximum Gasteiger partial charge on any atom is 0.219 e. The van der Waals surface area contributed by atoms with Crippen LogP contribution >= 0.6 is 0 Å². The highest BCUT2D eigenvalue weighted by atomic mass is 32.2. The number of nitrogens with zero attached hydrogens (tertiary/aromatic N) is 3. The molecule has 0 aromatic carbocycles. The number of amides is 1. The van der Waals surface area contributed by atoms with Crippen LogP contribution in [-0.4, -0.2) is 92.4 Å². The van der Waals surface area contributed by atoms with Crippen LogP contribution in [-0.2, 0) is 14.6 Å². The molecule has 1 amide bonds. The van der Waals surface area contributed by atoms with Crippen LogP contribution < -0.4 is 0 Å². The third-order valence-corrected chi connectivity index (χ3v) is 6.94. The molecular weight excluding hydrogens is 314 g/mol. The summed E-state index contributed by atoms with van der Waals surface area (Å²) in [7, 11) is -2.89. The lowest BCUT2D eigenvalue weighted by molar-refractivity contribution is -0.128. The average Bonchev–Trinajstić information content (AvgIpc) is 2.72. The van der Waals surface area contributed by atoms with Gasteiger partial charge in [-0.3, -0.25) is 9.69 Å². The molecule has 23 heavy (non-hydrogen) atoms. The van der Waals surface area contributed by atoms with E-state index in [0.717, 1.165) is 45.7 Å². The standard InChI is InChI=1S/C16H31N3O3S/c1-4-23(21,22)11-10-17-12-14(2)16(13-17)19-7-5-6-18(8-9-19)15(3)20/h14,16H,4-13H2,1-3H3/t14-,16+/m0/s1. The van der Waals surface area contributed by atoms with Crippen LogP contribution in [0.4, 0.5) is 0 Å². The Morgan fingerprint density at radius 1 is 1.13 bits per heavy atom. The first-order valence-electron chi connectivity index (χ1n) is 8.74. The smallest absolute Gasteiger partial charge is 0.219 e. The van der Waals surface area contributed by atoms with Crippen molar-refractivity contribution in [3.05, 3.63) is 0 Å². The first-order chi connectivity index (χ1) is 10.8. The molecule has 0 saturated carbocycles. The molecule has 0 N–H and O–H groups in total. The number of likely N-dealkylation sites (tertiary alicyclic amines) is 1. The number of hydrogen-bond donors (Lipinski definition) is 0. The average molecular weight is 346 g/mol. The molecule has 134 valence electrons. The molecule has 0 spiro atoms. The minimum Gasteiger partial charge on any atom is -0.342 e. The van der Waals surface area contributed by atoms with E-state index in [1.54, 1.807) is 13.8 Å². The molecule has 2 fully saturated rings. The van der Waals surface area contributed by atoms with Gasteiger partial charge in [0.15, 0.2) is 9.84 Å². The summed E-state index contributed by atoms with van der Waals surface area (Å²) in [5.41, 5.74) is 0. The van der Waals surface area contributed by atoms with Crippen molar-refractivity contribution in [2.24, 2.45) is 5.92 Å². The molecule has 2 saturated heterocycles. The van der Waals surface area contributed by atoms with E-state index >= 15 is 0 Å². The largest absolute Gasteiger partial charge is 0.342 e. The molecule has 0 bridgehead atoms. The fraction of sp³-hybridized carbons (Fsp3) is 0.938. The lowest BCUT2D eigenvalue weighted by atomic mass is 10.0. The molecule has 2 aliphatic heterocycles. The Labute approximate surface area is 140 Å². The van der Waals surface area contributed by atoms with Crippen molar-refractivity contribution < 1.29 is 13.2 Å². The number of sulfone groups is 1. The summed E-state index contributed by atoms with van der Waals surface area (Å²) in [5.74, 6) is 1.20. The Kier molecular flexibility index (Phi) is 6.45. The van der Waals surface area contributed by atoms with Crippen LogP contribution in [0, 0.1) is 5.92 Å². The molecule has 2 rings (SSSR count). The van der Waals surface area contributed by atoms with Gasteiger partial charge >= 0.3 is 0 Å². The van der Waals surface area contributed by atoms with E-state index < -0.39 is 9.84 Å². The Bertz CT molecular complexity index is 509. The Morgan fingerprint density at radius 3 is 2.52 bits per heavy atom. The van der Waals surface area contributed by atoms with E-state index in [4.69, 9.17) is 0 Å². The second kappa shape index (κ2) is 7.94. The van der Waals surface area contributed by atoms with Crippen LogP contribution in [0.15, 0.2) is 0 Å². The predicted octanol–water partition coefficient (Wildman–Crippen LogP) is 0.296. The number of carbonyl (C=O) groups is 1. The summed E-state index contributed by atoms with van der Waals surface area (Å²) >= 11 is 0. The summed E-state index contributed by atoms with van der Waals surface area (Å²) < 4.78 is 23.4. The van der Waals surface area contributed by atoms with E-state index in [9.17, 15) is 13.2 Å². The van der Waals surface area contributed by atoms with Crippen LogP contribution in [0.1, 0.15) is 27.2 Å². The normalized spacial score (nSPS) is 28.0. The Balaban J connectivity index is 1.87. The van der Waals surface area contributed by atoms with Gasteiger partial charge < -0.3 is 9.80 Å². The first-order valence-corrected chi connectivity index (χ1v) is 10.6. The van der Waals surface area contributed by atoms with Gasteiger partial charge in [0.05, 0.1) is 5.75 Å². The molecule has 7 heteroatoms. The summed E-state index contributed by atoms with van der Waals surface area (Å²) in [6, 6.07) is 0.478. The molecule has 2 aliphatic rings. The van der Waals surface area contributed by atoms with Crippen molar-refractivity contribution in [2.45, 2.75) is 33.2 Å². The second-order valence-corrected chi connectivity index (χ2v) is 9.41. The molecule has 0 unspecified atom stereocenters. The van der Waals surface area contributed by atoms with Crippen molar-refractivity contribution in [3.8, 4) is 0 Å². The highest BCUT2D eigenvalue weighted by molar-refractivity contribution is 7.91. The molecule has 2 heterocycles. The SMILES string of the molecule is CCS(=O)(=O)CCN1C[C@@H](N2CCCN(C(C)=O)CC2)[C@@H](C)C1. The third kappa shape index (κ3) is 5.16. The van der Waals surface area contributed by atoms with Crippen LogP contribution in [0.5, 0.6) is 0 Å². The highest BCUT2D eigenvalue weighted by Crippen LogP contribution is 2.23. The number of hydrogen-bond acceptors (Lipinski definition) is 5. The van der Waals surface area contributed by atoms with E-state index in [-0.39, 0.29) is 17.4 Å². The zero-order valence-electron chi connectivity index (χ0n) is 14.7. The molecule has 0 aromatic rings. The van der Waals surface area contributed by atoms with Crippen LogP contribution in [0.25, 0.3) is 0 Å². The van der Waals surface area contributed by atoms with E-state index in [1.807, 2.05) is 4.90 Å². The van der Waals surface area contributed by atoms with Crippen molar-refractivity contribution in [1.82, 2.24) is 14.7 Å².